The Hall–Kier alpha value is -1.28. The Morgan fingerprint density at radius 3 is 2.72 bits per heavy atom. The van der Waals surface area contributed by atoms with Crippen molar-refractivity contribution in [1.82, 2.24) is 5.32 Å². The summed E-state index contributed by atoms with van der Waals surface area (Å²) in [5.74, 6) is 0.957. The largest absolute Gasteiger partial charge is 0.494 e. The molecule has 0 spiro atoms. The number of ether oxygens (including phenoxy) is 1. The number of para-hydroxylation sites is 1. The lowest BCUT2D eigenvalue weighted by Gasteiger charge is -2.17. The molecule has 0 aliphatic rings. The highest BCUT2D eigenvalue weighted by Gasteiger charge is 2.06. The second-order valence-electron chi connectivity index (χ2n) is 4.42. The van der Waals surface area contributed by atoms with E-state index >= 15 is 0 Å². The van der Waals surface area contributed by atoms with E-state index in [1.165, 1.54) is 12.8 Å². The Labute approximate surface area is 111 Å². The number of nitrogens with one attached hydrogen (secondary N) is 1. The van der Waals surface area contributed by atoms with E-state index in [2.05, 4.69) is 18.8 Å². The molecule has 1 unspecified atom stereocenters. The van der Waals surface area contributed by atoms with E-state index < -0.39 is 0 Å². The first-order valence-electron chi connectivity index (χ1n) is 6.89. The summed E-state index contributed by atoms with van der Waals surface area (Å²) in [5.41, 5.74) is 0. The van der Waals surface area contributed by atoms with Gasteiger partial charge in [0.25, 0.3) is 0 Å². The lowest BCUT2D eigenvalue weighted by Crippen LogP contribution is -2.30. The van der Waals surface area contributed by atoms with Crippen LogP contribution in [0.15, 0.2) is 43.0 Å². The topological polar surface area (TPSA) is 21.3 Å². The van der Waals surface area contributed by atoms with Crippen LogP contribution in [0.25, 0.3) is 0 Å². The molecule has 0 aliphatic carbocycles. The lowest BCUT2D eigenvalue weighted by molar-refractivity contribution is 0.280. The number of benzene rings is 1. The van der Waals surface area contributed by atoms with Crippen molar-refractivity contribution in [3.05, 3.63) is 43.0 Å². The average molecular weight is 247 g/mol. The molecule has 0 amide bonds. The molecule has 2 heteroatoms. The van der Waals surface area contributed by atoms with Gasteiger partial charge in [-0.3, -0.25) is 0 Å². The summed E-state index contributed by atoms with van der Waals surface area (Å²) < 4.78 is 5.73. The molecule has 1 aromatic rings. The Balaban J connectivity index is 2.22. The van der Waals surface area contributed by atoms with Crippen LogP contribution in [0.4, 0.5) is 0 Å². The molecule has 0 aromatic heterocycles. The molecule has 18 heavy (non-hydrogen) atoms. The van der Waals surface area contributed by atoms with E-state index in [0.29, 0.717) is 6.04 Å². The third-order valence-electron chi connectivity index (χ3n) is 2.93. The predicted octanol–water partition coefficient (Wildman–Crippen LogP) is 3.79. The molecule has 100 valence electrons. The molecule has 0 heterocycles. The van der Waals surface area contributed by atoms with Crippen LogP contribution >= 0.6 is 0 Å². The van der Waals surface area contributed by atoms with Crippen LogP contribution < -0.4 is 10.1 Å². The Bertz CT molecular complexity index is 310. The molecule has 1 rings (SSSR count). The first-order valence-corrected chi connectivity index (χ1v) is 6.89. The fourth-order valence-electron chi connectivity index (χ4n) is 1.98. The summed E-state index contributed by atoms with van der Waals surface area (Å²) in [6.45, 7) is 7.70. The molecule has 1 atom stereocenters. The van der Waals surface area contributed by atoms with Crippen LogP contribution in [0.2, 0.25) is 0 Å². The van der Waals surface area contributed by atoms with Gasteiger partial charge in [-0.05, 0) is 44.4 Å². The van der Waals surface area contributed by atoms with Crippen LogP contribution in [0, 0.1) is 0 Å². The van der Waals surface area contributed by atoms with Gasteiger partial charge in [0.1, 0.15) is 5.75 Å². The average Bonchev–Trinajstić information content (AvgIpc) is 2.40. The van der Waals surface area contributed by atoms with E-state index in [4.69, 9.17) is 4.74 Å². The van der Waals surface area contributed by atoms with Gasteiger partial charge in [-0.2, -0.15) is 0 Å². The van der Waals surface area contributed by atoms with Crippen LogP contribution in [0.1, 0.15) is 32.6 Å². The minimum absolute atomic E-state index is 0.554. The number of unbranched alkanes of at least 4 members (excludes halogenated alkanes) is 1. The number of allylic oxidation sites excluding steroid dienone is 1. The highest BCUT2D eigenvalue weighted by Crippen LogP contribution is 2.10. The molecule has 0 saturated heterocycles. The highest BCUT2D eigenvalue weighted by atomic mass is 16.5. The Morgan fingerprint density at radius 2 is 2.06 bits per heavy atom. The molecule has 2 nitrogen and oxygen atoms in total. The predicted molar refractivity (Wildman–Crippen MR) is 78.1 cm³/mol. The van der Waals surface area contributed by atoms with Crippen molar-refractivity contribution >= 4 is 0 Å². The molecule has 0 aliphatic heterocycles. The Morgan fingerprint density at radius 1 is 1.28 bits per heavy atom. The lowest BCUT2D eigenvalue weighted by atomic mass is 10.1. The first kappa shape index (κ1) is 14.8. The quantitative estimate of drug-likeness (QED) is 0.502. The summed E-state index contributed by atoms with van der Waals surface area (Å²) in [4.78, 5) is 0. The summed E-state index contributed by atoms with van der Waals surface area (Å²) in [6.07, 6.45) is 6.54. The third-order valence-corrected chi connectivity index (χ3v) is 2.93. The normalized spacial score (nSPS) is 12.1. The maximum Gasteiger partial charge on any atom is 0.119 e. The van der Waals surface area contributed by atoms with Gasteiger partial charge in [-0.15, -0.1) is 6.58 Å². The van der Waals surface area contributed by atoms with Crippen molar-refractivity contribution in [3.8, 4) is 5.75 Å². The molecule has 1 aromatic carbocycles. The van der Waals surface area contributed by atoms with Crippen LogP contribution in [0.3, 0.4) is 0 Å². The van der Waals surface area contributed by atoms with Crippen LogP contribution in [-0.4, -0.2) is 19.2 Å². The van der Waals surface area contributed by atoms with Crippen molar-refractivity contribution in [2.75, 3.05) is 13.2 Å². The zero-order valence-electron chi connectivity index (χ0n) is 11.4. The molecule has 0 saturated carbocycles. The molecule has 0 bridgehead atoms. The first-order chi connectivity index (χ1) is 8.86. The minimum atomic E-state index is 0.554. The molecular formula is C16H25NO. The standard InChI is InChI=1S/C16H25NO/c1-3-5-7-10-15(17-4-2)13-14-18-16-11-8-6-9-12-16/h3,6,8-9,11-12,15,17H,1,4-5,7,10,13-14H2,2H3. The third kappa shape index (κ3) is 6.45. The van der Waals surface area contributed by atoms with Crippen LogP contribution in [0.5, 0.6) is 5.75 Å². The van der Waals surface area contributed by atoms with E-state index in [9.17, 15) is 0 Å². The maximum absolute atomic E-state index is 5.73. The van der Waals surface area contributed by atoms with Crippen molar-refractivity contribution in [2.24, 2.45) is 0 Å². The van der Waals surface area contributed by atoms with E-state index in [-0.39, 0.29) is 0 Å². The zero-order chi connectivity index (χ0) is 13.1. The summed E-state index contributed by atoms with van der Waals surface area (Å²) >= 11 is 0. The fourth-order valence-corrected chi connectivity index (χ4v) is 1.98. The van der Waals surface area contributed by atoms with Gasteiger partial charge < -0.3 is 10.1 Å². The monoisotopic (exact) mass is 247 g/mol. The molecule has 1 N–H and O–H groups in total. The second kappa shape index (κ2) is 9.72. The van der Waals surface area contributed by atoms with Gasteiger partial charge in [0.05, 0.1) is 6.61 Å². The minimum Gasteiger partial charge on any atom is -0.494 e. The number of rotatable bonds is 10. The van der Waals surface area contributed by atoms with Gasteiger partial charge in [-0.25, -0.2) is 0 Å². The fraction of sp³-hybridized carbons (Fsp3) is 0.500. The Kier molecular flexibility index (Phi) is 7.98. The van der Waals surface area contributed by atoms with E-state index in [1.807, 2.05) is 36.4 Å². The summed E-state index contributed by atoms with van der Waals surface area (Å²) in [6, 6.07) is 10.6. The van der Waals surface area contributed by atoms with Crippen molar-refractivity contribution < 1.29 is 4.74 Å². The van der Waals surface area contributed by atoms with Crippen molar-refractivity contribution in [1.29, 1.82) is 0 Å². The zero-order valence-corrected chi connectivity index (χ0v) is 11.4. The van der Waals surface area contributed by atoms with Gasteiger partial charge in [-0.1, -0.05) is 31.2 Å². The van der Waals surface area contributed by atoms with Gasteiger partial charge in [0.15, 0.2) is 0 Å². The van der Waals surface area contributed by atoms with Crippen LogP contribution in [-0.2, 0) is 0 Å². The van der Waals surface area contributed by atoms with Crippen molar-refractivity contribution in [2.45, 2.75) is 38.6 Å². The summed E-state index contributed by atoms with van der Waals surface area (Å²) in [7, 11) is 0. The van der Waals surface area contributed by atoms with E-state index in [0.717, 1.165) is 31.7 Å². The van der Waals surface area contributed by atoms with Gasteiger partial charge >= 0.3 is 0 Å². The van der Waals surface area contributed by atoms with Crippen molar-refractivity contribution in [3.63, 3.8) is 0 Å². The SMILES string of the molecule is C=CCCCC(CCOc1ccccc1)NCC. The molecule has 0 radical (unpaired) electrons. The molecular weight excluding hydrogens is 222 g/mol. The smallest absolute Gasteiger partial charge is 0.119 e. The van der Waals surface area contributed by atoms with Gasteiger partial charge in [0, 0.05) is 6.04 Å². The number of hydrogen-bond acceptors (Lipinski definition) is 2. The second-order valence-corrected chi connectivity index (χ2v) is 4.42. The van der Waals surface area contributed by atoms with Gasteiger partial charge in [0.2, 0.25) is 0 Å². The number of hydrogen-bond donors (Lipinski definition) is 1. The van der Waals surface area contributed by atoms with E-state index in [1.54, 1.807) is 0 Å². The summed E-state index contributed by atoms with van der Waals surface area (Å²) in [5, 5.41) is 3.51. The molecule has 0 fully saturated rings. The maximum atomic E-state index is 5.73. The highest BCUT2D eigenvalue weighted by molar-refractivity contribution is 5.20.